The van der Waals surface area contributed by atoms with Crippen molar-refractivity contribution >= 4 is 35.0 Å². The van der Waals surface area contributed by atoms with Gasteiger partial charge in [0.05, 0.1) is 16.3 Å². The fraction of sp³-hybridized carbons (Fsp3) is 0.125. The van der Waals surface area contributed by atoms with Crippen molar-refractivity contribution in [1.29, 1.82) is 0 Å². The number of carbonyl (C=O) groups is 2. The third kappa shape index (κ3) is 3.52. The third-order valence-electron chi connectivity index (χ3n) is 3.39. The molecule has 0 saturated heterocycles. The summed E-state index contributed by atoms with van der Waals surface area (Å²) >= 11 is 5.98. The Labute approximate surface area is 142 Å². The van der Waals surface area contributed by atoms with Crippen LogP contribution in [0.3, 0.4) is 0 Å². The van der Waals surface area contributed by atoms with E-state index in [1.165, 1.54) is 6.20 Å². The molecule has 1 aliphatic heterocycles. The van der Waals surface area contributed by atoms with Crippen LogP contribution in [-0.2, 0) is 4.74 Å². The van der Waals surface area contributed by atoms with Crippen molar-refractivity contribution in [2.75, 3.05) is 11.9 Å². The first-order valence-electron chi connectivity index (χ1n) is 7.06. The Morgan fingerprint density at radius 1 is 1.33 bits per heavy atom. The van der Waals surface area contributed by atoms with Gasteiger partial charge in [0.25, 0.3) is 5.91 Å². The van der Waals surface area contributed by atoms with Crippen molar-refractivity contribution in [3.05, 3.63) is 58.4 Å². The number of carbonyl (C=O) groups excluding carboxylic acids is 2. The molecule has 0 saturated carbocycles. The predicted molar refractivity (Wildman–Crippen MR) is 89.4 cm³/mol. The first-order chi connectivity index (χ1) is 11.5. The molecule has 122 valence electrons. The van der Waals surface area contributed by atoms with Crippen LogP contribution in [0.2, 0.25) is 5.02 Å². The number of hydrazone groups is 1. The van der Waals surface area contributed by atoms with Gasteiger partial charge in [-0.1, -0.05) is 23.7 Å². The van der Waals surface area contributed by atoms with Gasteiger partial charge in [-0.25, -0.2) is 10.2 Å². The van der Waals surface area contributed by atoms with Crippen LogP contribution in [0.25, 0.3) is 0 Å². The van der Waals surface area contributed by atoms with Crippen LogP contribution in [0.15, 0.2) is 41.6 Å². The van der Waals surface area contributed by atoms with Gasteiger partial charge < -0.3 is 10.1 Å². The second-order valence-corrected chi connectivity index (χ2v) is 5.48. The summed E-state index contributed by atoms with van der Waals surface area (Å²) in [5, 5.41) is 7.12. The Morgan fingerprint density at radius 2 is 2.08 bits per heavy atom. The van der Waals surface area contributed by atoms with Gasteiger partial charge in [0.2, 0.25) is 0 Å². The zero-order chi connectivity index (χ0) is 17.1. The number of amides is 2. The molecule has 0 fully saturated rings. The van der Waals surface area contributed by atoms with Gasteiger partial charge in [0.15, 0.2) is 0 Å². The van der Waals surface area contributed by atoms with Crippen molar-refractivity contribution < 1.29 is 14.3 Å². The maximum Gasteiger partial charge on any atom is 0.428 e. The Bertz CT molecular complexity index is 834. The summed E-state index contributed by atoms with van der Waals surface area (Å²) in [4.78, 5) is 27.2. The summed E-state index contributed by atoms with van der Waals surface area (Å²) in [6.07, 6.45) is 0.898. The van der Waals surface area contributed by atoms with Crippen LogP contribution in [0, 0.1) is 6.92 Å². The smallest absolute Gasteiger partial charge is 0.428 e. The number of nitrogens with one attached hydrogen (secondary N) is 2. The third-order valence-corrected chi connectivity index (χ3v) is 3.77. The summed E-state index contributed by atoms with van der Waals surface area (Å²) in [5.74, 6) is -0.303. The van der Waals surface area contributed by atoms with E-state index in [1.807, 2.05) is 0 Å². The van der Waals surface area contributed by atoms with E-state index in [-0.39, 0.29) is 12.5 Å². The second-order valence-electron chi connectivity index (χ2n) is 5.07. The Hall–Kier alpha value is -2.93. The van der Waals surface area contributed by atoms with Crippen LogP contribution in [0.5, 0.6) is 0 Å². The standard InChI is InChI=1S/C16H13ClN4O3/c1-9-13(17)6-11(7-18-9)15(22)19-12-4-2-10(3-5-12)14-8-24-16(23)21-20-14/h2-7H,8H2,1H3,(H,19,22)(H,21,23). The fourth-order valence-electron chi connectivity index (χ4n) is 2.04. The number of rotatable bonds is 3. The minimum Gasteiger partial charge on any atom is -0.442 e. The van der Waals surface area contributed by atoms with Crippen LogP contribution in [0.1, 0.15) is 21.6 Å². The SMILES string of the molecule is Cc1ncc(C(=O)Nc2ccc(C3=NNC(=O)OC3)cc2)cc1Cl. The lowest BCUT2D eigenvalue weighted by molar-refractivity contribution is 0.102. The summed E-state index contributed by atoms with van der Waals surface area (Å²) in [6.45, 7) is 1.87. The van der Waals surface area contributed by atoms with E-state index in [0.29, 0.717) is 27.7 Å². The highest BCUT2D eigenvalue weighted by Gasteiger charge is 2.14. The van der Waals surface area contributed by atoms with Gasteiger partial charge in [-0.15, -0.1) is 0 Å². The van der Waals surface area contributed by atoms with Gasteiger partial charge in [-0.2, -0.15) is 5.10 Å². The molecule has 2 N–H and O–H groups in total. The summed E-state index contributed by atoms with van der Waals surface area (Å²) in [5.41, 5.74) is 5.29. The molecule has 0 atom stereocenters. The normalized spacial score (nSPS) is 13.6. The number of nitrogens with zero attached hydrogens (tertiary/aromatic N) is 2. The average molecular weight is 345 g/mol. The highest BCUT2D eigenvalue weighted by Crippen LogP contribution is 2.16. The van der Waals surface area contributed by atoms with Crippen molar-refractivity contribution in [3.8, 4) is 0 Å². The molecule has 3 rings (SSSR count). The van der Waals surface area contributed by atoms with Gasteiger partial charge >= 0.3 is 6.09 Å². The number of hydrogen-bond donors (Lipinski definition) is 2. The van der Waals surface area contributed by atoms with Crippen molar-refractivity contribution in [2.24, 2.45) is 5.10 Å². The summed E-state index contributed by atoms with van der Waals surface area (Å²) < 4.78 is 4.85. The van der Waals surface area contributed by atoms with E-state index >= 15 is 0 Å². The molecule has 0 spiro atoms. The number of hydrogen-bond acceptors (Lipinski definition) is 5. The number of benzene rings is 1. The van der Waals surface area contributed by atoms with Gasteiger partial charge in [0.1, 0.15) is 12.3 Å². The number of aromatic nitrogens is 1. The number of cyclic esters (lactones) is 1. The fourth-order valence-corrected chi connectivity index (χ4v) is 2.21. The van der Waals surface area contributed by atoms with E-state index in [4.69, 9.17) is 16.3 Å². The molecule has 0 radical (unpaired) electrons. The van der Waals surface area contributed by atoms with Crippen LogP contribution in [-0.4, -0.2) is 29.3 Å². The molecule has 8 heteroatoms. The number of halogens is 1. The monoisotopic (exact) mass is 344 g/mol. The largest absolute Gasteiger partial charge is 0.442 e. The summed E-state index contributed by atoms with van der Waals surface area (Å²) in [6, 6.07) is 8.58. The molecule has 0 unspecified atom stereocenters. The number of aryl methyl sites for hydroxylation is 1. The van der Waals surface area contributed by atoms with Crippen LogP contribution in [0.4, 0.5) is 10.5 Å². The van der Waals surface area contributed by atoms with E-state index < -0.39 is 6.09 Å². The lowest BCUT2D eigenvalue weighted by Crippen LogP contribution is -2.30. The molecule has 2 heterocycles. The molecule has 2 amide bonds. The lowest BCUT2D eigenvalue weighted by Gasteiger charge is -2.13. The zero-order valence-corrected chi connectivity index (χ0v) is 13.4. The number of pyridine rings is 1. The highest BCUT2D eigenvalue weighted by atomic mass is 35.5. The average Bonchev–Trinajstić information content (AvgIpc) is 2.59. The topological polar surface area (TPSA) is 92.7 Å². The first kappa shape index (κ1) is 15.9. The van der Waals surface area contributed by atoms with Gasteiger partial charge in [0, 0.05) is 17.4 Å². The second kappa shape index (κ2) is 6.67. The Morgan fingerprint density at radius 3 is 2.71 bits per heavy atom. The summed E-state index contributed by atoms with van der Waals surface area (Å²) in [7, 11) is 0. The maximum absolute atomic E-state index is 12.2. The van der Waals surface area contributed by atoms with Crippen molar-refractivity contribution in [3.63, 3.8) is 0 Å². The van der Waals surface area contributed by atoms with Gasteiger partial charge in [-0.05, 0) is 25.1 Å². The zero-order valence-electron chi connectivity index (χ0n) is 12.7. The van der Waals surface area contributed by atoms with Crippen molar-refractivity contribution in [1.82, 2.24) is 10.4 Å². The highest BCUT2D eigenvalue weighted by molar-refractivity contribution is 6.31. The van der Waals surface area contributed by atoms with Crippen molar-refractivity contribution in [2.45, 2.75) is 6.92 Å². The predicted octanol–water partition coefficient (Wildman–Crippen LogP) is 2.74. The van der Waals surface area contributed by atoms with E-state index in [0.717, 1.165) is 5.56 Å². The maximum atomic E-state index is 12.2. The van der Waals surface area contributed by atoms with E-state index in [2.05, 4.69) is 20.8 Å². The molecular weight excluding hydrogens is 332 g/mol. The quantitative estimate of drug-likeness (QED) is 0.895. The Balaban J connectivity index is 1.71. The molecule has 24 heavy (non-hydrogen) atoms. The molecular formula is C16H13ClN4O3. The van der Waals surface area contributed by atoms with Crippen LogP contribution < -0.4 is 10.7 Å². The Kier molecular flexibility index (Phi) is 4.43. The van der Waals surface area contributed by atoms with E-state index in [9.17, 15) is 9.59 Å². The molecule has 2 aromatic rings. The minimum atomic E-state index is -0.576. The lowest BCUT2D eigenvalue weighted by atomic mass is 10.1. The van der Waals surface area contributed by atoms with Gasteiger partial charge in [-0.3, -0.25) is 9.78 Å². The molecule has 1 aromatic heterocycles. The van der Waals surface area contributed by atoms with Crippen LogP contribution >= 0.6 is 11.6 Å². The molecule has 7 nitrogen and oxygen atoms in total. The number of anilines is 1. The molecule has 0 aliphatic carbocycles. The first-order valence-corrected chi connectivity index (χ1v) is 7.44. The minimum absolute atomic E-state index is 0.102. The molecule has 1 aromatic carbocycles. The molecule has 0 bridgehead atoms. The molecule has 1 aliphatic rings. The number of ether oxygens (including phenoxy) is 1. The van der Waals surface area contributed by atoms with E-state index in [1.54, 1.807) is 37.3 Å².